The first-order valence-electron chi connectivity index (χ1n) is 5.41. The van der Waals surface area contributed by atoms with Crippen LogP contribution in [0.3, 0.4) is 0 Å². The summed E-state index contributed by atoms with van der Waals surface area (Å²) in [6.07, 6.45) is 1.62. The van der Waals surface area contributed by atoms with Crippen LogP contribution in [0.2, 0.25) is 0 Å². The lowest BCUT2D eigenvalue weighted by Gasteiger charge is -2.06. The molecule has 1 fully saturated rings. The van der Waals surface area contributed by atoms with E-state index in [-0.39, 0.29) is 5.25 Å². The van der Waals surface area contributed by atoms with Crippen molar-refractivity contribution < 1.29 is 8.42 Å². The quantitative estimate of drug-likeness (QED) is 0.798. The number of fused-ring (bicyclic) bond motifs is 1. The average Bonchev–Trinajstić information content (AvgIpc) is 3.12. The van der Waals surface area contributed by atoms with Crippen LogP contribution in [0.4, 0.5) is 0 Å². The molecule has 0 aliphatic heterocycles. The van der Waals surface area contributed by atoms with Crippen LogP contribution in [0, 0.1) is 0 Å². The molecular weight excluding hydrogens is 220 g/mol. The second-order valence-corrected chi connectivity index (χ2v) is 6.42. The van der Waals surface area contributed by atoms with Gasteiger partial charge in [0.2, 0.25) is 0 Å². The van der Waals surface area contributed by atoms with Crippen LogP contribution >= 0.6 is 0 Å². The van der Waals surface area contributed by atoms with E-state index in [0.29, 0.717) is 4.90 Å². The van der Waals surface area contributed by atoms with Gasteiger partial charge in [-0.3, -0.25) is 0 Å². The molecule has 0 unspecified atom stereocenters. The number of hydrogen-bond acceptors (Lipinski definition) is 2. The van der Waals surface area contributed by atoms with Crippen molar-refractivity contribution in [1.29, 1.82) is 0 Å². The predicted octanol–water partition coefficient (Wildman–Crippen LogP) is 2.78. The number of sulfone groups is 1. The zero-order chi connectivity index (χ0) is 11.2. The van der Waals surface area contributed by atoms with Gasteiger partial charge in [-0.25, -0.2) is 8.42 Å². The Morgan fingerprint density at radius 2 is 1.62 bits per heavy atom. The summed E-state index contributed by atoms with van der Waals surface area (Å²) in [6, 6.07) is 13.1. The van der Waals surface area contributed by atoms with Gasteiger partial charge < -0.3 is 0 Å². The molecule has 2 nitrogen and oxygen atoms in total. The van der Waals surface area contributed by atoms with Crippen molar-refractivity contribution >= 4 is 20.6 Å². The van der Waals surface area contributed by atoms with E-state index in [4.69, 9.17) is 0 Å². The van der Waals surface area contributed by atoms with Gasteiger partial charge in [-0.15, -0.1) is 0 Å². The normalized spacial score (nSPS) is 16.5. The van der Waals surface area contributed by atoms with Crippen molar-refractivity contribution in [2.75, 3.05) is 0 Å². The molecule has 0 radical (unpaired) electrons. The van der Waals surface area contributed by atoms with Gasteiger partial charge in [0, 0.05) is 5.39 Å². The molecule has 3 rings (SSSR count). The maximum atomic E-state index is 12.2. The highest BCUT2D eigenvalue weighted by Gasteiger charge is 2.37. The summed E-state index contributed by atoms with van der Waals surface area (Å²) in [5.41, 5.74) is 0. The maximum Gasteiger partial charge on any atom is 0.181 e. The standard InChI is InChI=1S/C13H12O2S/c14-16(15,11-8-9-11)13-7-3-5-10-4-1-2-6-12(10)13/h1-7,11H,8-9H2. The molecule has 0 amide bonds. The zero-order valence-corrected chi connectivity index (χ0v) is 9.57. The van der Waals surface area contributed by atoms with Gasteiger partial charge in [-0.1, -0.05) is 36.4 Å². The van der Waals surface area contributed by atoms with Crippen molar-refractivity contribution in [2.24, 2.45) is 0 Å². The first-order chi connectivity index (χ1) is 7.69. The largest absolute Gasteiger partial charge is 0.223 e. The lowest BCUT2D eigenvalue weighted by atomic mass is 10.1. The maximum absolute atomic E-state index is 12.2. The van der Waals surface area contributed by atoms with Gasteiger partial charge in [0.1, 0.15) is 0 Å². The molecule has 0 heterocycles. The molecule has 0 saturated heterocycles. The minimum absolute atomic E-state index is 0.140. The molecule has 0 atom stereocenters. The summed E-state index contributed by atoms with van der Waals surface area (Å²) in [5, 5.41) is 1.69. The molecule has 1 saturated carbocycles. The van der Waals surface area contributed by atoms with Gasteiger partial charge in [-0.2, -0.15) is 0 Å². The smallest absolute Gasteiger partial charge is 0.181 e. The Labute approximate surface area is 94.8 Å². The summed E-state index contributed by atoms with van der Waals surface area (Å²) in [5.74, 6) is 0. The molecule has 1 aliphatic rings. The van der Waals surface area contributed by atoms with Gasteiger partial charge in [0.25, 0.3) is 0 Å². The lowest BCUT2D eigenvalue weighted by molar-refractivity contribution is 0.595. The minimum Gasteiger partial charge on any atom is -0.223 e. The Hall–Kier alpha value is -1.35. The van der Waals surface area contributed by atoms with Crippen LogP contribution in [-0.4, -0.2) is 13.7 Å². The van der Waals surface area contributed by atoms with Crippen LogP contribution in [0.5, 0.6) is 0 Å². The van der Waals surface area contributed by atoms with E-state index in [1.807, 2.05) is 36.4 Å². The molecule has 2 aromatic carbocycles. The van der Waals surface area contributed by atoms with Gasteiger partial charge in [0.05, 0.1) is 10.1 Å². The molecule has 0 aromatic heterocycles. The molecule has 16 heavy (non-hydrogen) atoms. The third-order valence-corrected chi connectivity index (χ3v) is 5.34. The number of rotatable bonds is 2. The molecular formula is C13H12O2S. The van der Waals surface area contributed by atoms with Crippen molar-refractivity contribution in [3.63, 3.8) is 0 Å². The molecule has 1 aliphatic carbocycles. The summed E-state index contributed by atoms with van der Waals surface area (Å²) >= 11 is 0. The zero-order valence-electron chi connectivity index (χ0n) is 8.76. The Morgan fingerprint density at radius 1 is 0.938 bits per heavy atom. The fourth-order valence-electron chi connectivity index (χ4n) is 2.00. The van der Waals surface area contributed by atoms with E-state index in [0.717, 1.165) is 23.6 Å². The molecule has 0 spiro atoms. The molecule has 82 valence electrons. The average molecular weight is 232 g/mol. The SMILES string of the molecule is O=S(=O)(c1cccc2ccccc12)C1CC1. The lowest BCUT2D eigenvalue weighted by Crippen LogP contribution is -2.07. The fraction of sp³-hybridized carbons (Fsp3) is 0.231. The Morgan fingerprint density at radius 3 is 2.38 bits per heavy atom. The first-order valence-corrected chi connectivity index (χ1v) is 6.96. The van der Waals surface area contributed by atoms with E-state index in [1.54, 1.807) is 6.07 Å². The van der Waals surface area contributed by atoms with Crippen molar-refractivity contribution in [2.45, 2.75) is 23.0 Å². The van der Waals surface area contributed by atoms with Gasteiger partial charge in [-0.05, 0) is 24.3 Å². The highest BCUT2D eigenvalue weighted by atomic mass is 32.2. The van der Waals surface area contributed by atoms with E-state index < -0.39 is 9.84 Å². The molecule has 3 heteroatoms. The Bertz CT molecular complexity index is 635. The summed E-state index contributed by atoms with van der Waals surface area (Å²) in [7, 11) is -3.09. The van der Waals surface area contributed by atoms with Crippen LogP contribution in [0.1, 0.15) is 12.8 Å². The van der Waals surface area contributed by atoms with E-state index >= 15 is 0 Å². The van der Waals surface area contributed by atoms with Crippen LogP contribution in [0.25, 0.3) is 10.8 Å². The van der Waals surface area contributed by atoms with Gasteiger partial charge in [0.15, 0.2) is 9.84 Å². The van der Waals surface area contributed by atoms with Crippen LogP contribution in [0.15, 0.2) is 47.4 Å². The second-order valence-electron chi connectivity index (χ2n) is 4.22. The summed E-state index contributed by atoms with van der Waals surface area (Å²) in [6.45, 7) is 0. The number of hydrogen-bond donors (Lipinski definition) is 0. The first kappa shape index (κ1) is 9.85. The third-order valence-electron chi connectivity index (χ3n) is 3.02. The summed E-state index contributed by atoms with van der Waals surface area (Å²) < 4.78 is 24.4. The van der Waals surface area contributed by atoms with Crippen LogP contribution < -0.4 is 0 Å². The fourth-order valence-corrected chi connectivity index (χ4v) is 3.88. The number of benzene rings is 2. The highest BCUT2D eigenvalue weighted by Crippen LogP contribution is 2.36. The van der Waals surface area contributed by atoms with E-state index in [9.17, 15) is 8.42 Å². The molecule has 0 N–H and O–H groups in total. The third kappa shape index (κ3) is 1.43. The molecule has 0 bridgehead atoms. The Kier molecular flexibility index (Phi) is 2.04. The van der Waals surface area contributed by atoms with Gasteiger partial charge >= 0.3 is 0 Å². The highest BCUT2D eigenvalue weighted by molar-refractivity contribution is 7.92. The van der Waals surface area contributed by atoms with Crippen LogP contribution in [-0.2, 0) is 9.84 Å². The minimum atomic E-state index is -3.09. The topological polar surface area (TPSA) is 34.1 Å². The predicted molar refractivity (Wildman–Crippen MR) is 64.2 cm³/mol. The van der Waals surface area contributed by atoms with Crippen molar-refractivity contribution in [3.8, 4) is 0 Å². The van der Waals surface area contributed by atoms with Crippen molar-refractivity contribution in [1.82, 2.24) is 0 Å². The monoisotopic (exact) mass is 232 g/mol. The van der Waals surface area contributed by atoms with E-state index in [1.165, 1.54) is 0 Å². The van der Waals surface area contributed by atoms with E-state index in [2.05, 4.69) is 0 Å². The molecule has 2 aromatic rings. The second kappa shape index (κ2) is 3.32. The Balaban J connectivity index is 2.31. The summed E-state index contributed by atoms with van der Waals surface area (Å²) in [4.78, 5) is 0.494. The van der Waals surface area contributed by atoms with Crippen molar-refractivity contribution in [3.05, 3.63) is 42.5 Å².